The Kier molecular flexibility index (Phi) is 12.1. The molecule has 0 saturated carbocycles. The van der Waals surface area contributed by atoms with Crippen molar-refractivity contribution >= 4 is 70.4 Å². The summed E-state index contributed by atoms with van der Waals surface area (Å²) in [6, 6.07) is 35.5. The lowest BCUT2D eigenvalue weighted by atomic mass is 10.0. The van der Waals surface area contributed by atoms with Crippen LogP contribution < -0.4 is 10.6 Å². The topological polar surface area (TPSA) is 125 Å². The number of rotatable bonds is 10. The molecule has 0 unspecified atom stereocenters. The molecule has 4 aromatic carbocycles. The van der Waals surface area contributed by atoms with Gasteiger partial charge in [-0.2, -0.15) is 0 Å². The van der Waals surface area contributed by atoms with Gasteiger partial charge in [-0.25, -0.2) is 0 Å². The van der Waals surface area contributed by atoms with Crippen LogP contribution in [0.15, 0.2) is 134 Å². The first-order valence-corrected chi connectivity index (χ1v) is 20.5. The Hall–Kier alpha value is -6.62. The fraction of sp³-hybridized carbons (Fsp3) is 0.167. The van der Waals surface area contributed by atoms with Crippen molar-refractivity contribution in [1.29, 1.82) is 0 Å². The van der Waals surface area contributed by atoms with Crippen LogP contribution in [-0.4, -0.2) is 68.6 Å². The van der Waals surface area contributed by atoms with Gasteiger partial charge in [-0.05, 0) is 109 Å². The predicted molar refractivity (Wildman–Crippen MR) is 237 cm³/mol. The number of nitrogens with zero attached hydrogens (tertiary/aromatic N) is 4. The zero-order valence-electron chi connectivity index (χ0n) is 32.4. The minimum Gasteiger partial charge on any atom is -0.325 e. The number of halogens is 2. The van der Waals surface area contributed by atoms with E-state index in [1.807, 2.05) is 97.1 Å². The number of amides is 4. The molecule has 4 heterocycles. The minimum atomic E-state index is -0.626. The summed E-state index contributed by atoms with van der Waals surface area (Å²) >= 11 is 12.5. The van der Waals surface area contributed by atoms with Crippen molar-refractivity contribution in [2.75, 3.05) is 23.7 Å². The number of aromatic nitrogens is 2. The molecular weight excluding hydrogens is 795 g/mol. The van der Waals surface area contributed by atoms with Gasteiger partial charge in [-0.1, -0.05) is 96.0 Å². The van der Waals surface area contributed by atoms with Crippen LogP contribution in [0.3, 0.4) is 0 Å². The molecule has 2 N–H and O–H groups in total. The van der Waals surface area contributed by atoms with Crippen LogP contribution in [0.25, 0.3) is 34.4 Å². The molecule has 2 fully saturated rings. The normalized spacial score (nSPS) is 16.2. The molecule has 2 aromatic heterocycles. The molecule has 300 valence electrons. The van der Waals surface area contributed by atoms with E-state index in [2.05, 4.69) is 20.6 Å². The van der Waals surface area contributed by atoms with Crippen LogP contribution >= 0.6 is 23.2 Å². The zero-order chi connectivity index (χ0) is 41.6. The van der Waals surface area contributed by atoms with Gasteiger partial charge < -0.3 is 20.4 Å². The fourth-order valence-electron chi connectivity index (χ4n) is 7.76. The van der Waals surface area contributed by atoms with Crippen molar-refractivity contribution < 1.29 is 19.2 Å². The van der Waals surface area contributed by atoms with E-state index in [9.17, 15) is 19.2 Å². The van der Waals surface area contributed by atoms with Gasteiger partial charge in [0.2, 0.25) is 11.8 Å². The monoisotopic (exact) mass is 834 g/mol. The lowest BCUT2D eigenvalue weighted by molar-refractivity contribution is -0.120. The SMILES string of the molecule is O=C(Nc1ccc(/C=C/c2ccc(NC(=O)[C@@H]3CCCN3C(=O)c3ncccc3-c3cccc(Cl)c3)cc2)cc1)[C@@H]1CCCN1C(=O)c1ncccc1-c1cccc(Cl)c1. The number of hydrogen-bond acceptors (Lipinski definition) is 6. The number of benzene rings is 4. The van der Waals surface area contributed by atoms with Gasteiger partial charge in [-0.15, -0.1) is 0 Å². The smallest absolute Gasteiger partial charge is 0.273 e. The highest BCUT2D eigenvalue weighted by molar-refractivity contribution is 6.31. The van der Waals surface area contributed by atoms with Crippen LogP contribution in [0.5, 0.6) is 0 Å². The molecule has 2 aliphatic heterocycles. The average Bonchev–Trinajstić information content (AvgIpc) is 3.98. The minimum absolute atomic E-state index is 0.250. The number of likely N-dealkylation sites (tertiary alicyclic amines) is 2. The third kappa shape index (κ3) is 9.00. The summed E-state index contributed by atoms with van der Waals surface area (Å²) in [5, 5.41) is 7.09. The Morgan fingerprint density at radius 3 is 1.37 bits per heavy atom. The number of hydrogen-bond donors (Lipinski definition) is 2. The van der Waals surface area contributed by atoms with E-state index in [4.69, 9.17) is 23.2 Å². The second-order valence-electron chi connectivity index (χ2n) is 14.7. The molecule has 8 rings (SSSR count). The van der Waals surface area contributed by atoms with Gasteiger partial charge in [-0.3, -0.25) is 29.1 Å². The highest BCUT2D eigenvalue weighted by Crippen LogP contribution is 2.31. The Morgan fingerprint density at radius 1 is 0.550 bits per heavy atom. The van der Waals surface area contributed by atoms with Gasteiger partial charge >= 0.3 is 0 Å². The molecule has 0 radical (unpaired) electrons. The molecule has 0 aliphatic carbocycles. The summed E-state index contributed by atoms with van der Waals surface area (Å²) in [6.07, 6.45) is 9.60. The van der Waals surface area contributed by atoms with E-state index in [1.165, 1.54) is 0 Å². The molecule has 0 spiro atoms. The summed E-state index contributed by atoms with van der Waals surface area (Å²) in [5.41, 5.74) is 6.54. The van der Waals surface area contributed by atoms with Crippen molar-refractivity contribution in [3.05, 3.63) is 166 Å². The largest absolute Gasteiger partial charge is 0.325 e. The van der Waals surface area contributed by atoms with Crippen LogP contribution in [-0.2, 0) is 9.59 Å². The Labute approximate surface area is 357 Å². The van der Waals surface area contributed by atoms with Crippen molar-refractivity contribution in [3.8, 4) is 22.3 Å². The number of carbonyl (C=O) groups is 4. The molecule has 6 aromatic rings. The number of carbonyl (C=O) groups excluding carboxylic acids is 4. The Morgan fingerprint density at radius 2 is 0.967 bits per heavy atom. The molecule has 0 bridgehead atoms. The molecule has 10 nitrogen and oxygen atoms in total. The molecular formula is C48H40Cl2N6O4. The van der Waals surface area contributed by atoms with Gasteiger partial charge in [0.05, 0.1) is 0 Å². The standard InChI is InChI=1S/C48H40Cl2N6O4/c49-35-9-1-7-33(29-35)39-11-3-25-51-43(39)47(59)55-27-5-13-41(55)45(57)53-37-21-17-31(18-22-37)15-16-32-19-23-38(24-20-32)54-46(58)42-14-6-28-56(42)48(60)44-40(12-4-26-52-44)34-8-2-10-36(50)30-34/h1-4,7-12,15-26,29-30,41-42H,5-6,13-14,27-28H2,(H,53,57)(H,54,58)/b16-15+/t41-,42-/m0/s1. The third-order valence-electron chi connectivity index (χ3n) is 10.7. The van der Waals surface area contributed by atoms with Crippen molar-refractivity contribution in [1.82, 2.24) is 19.8 Å². The van der Waals surface area contributed by atoms with E-state index >= 15 is 0 Å². The van der Waals surface area contributed by atoms with Gasteiger partial charge in [0.25, 0.3) is 11.8 Å². The average molecular weight is 836 g/mol. The Bertz CT molecular complexity index is 2420. The molecule has 4 amide bonds. The van der Waals surface area contributed by atoms with Gasteiger partial charge in [0.15, 0.2) is 0 Å². The lowest BCUT2D eigenvalue weighted by Crippen LogP contribution is -2.43. The van der Waals surface area contributed by atoms with E-state index in [-0.39, 0.29) is 35.0 Å². The van der Waals surface area contributed by atoms with Crippen molar-refractivity contribution in [2.24, 2.45) is 0 Å². The molecule has 60 heavy (non-hydrogen) atoms. The first-order chi connectivity index (χ1) is 29.2. The van der Waals surface area contributed by atoms with Crippen LogP contribution in [0, 0.1) is 0 Å². The second kappa shape index (κ2) is 18.1. The number of anilines is 2. The Balaban J connectivity index is 0.859. The summed E-state index contributed by atoms with van der Waals surface area (Å²) in [7, 11) is 0. The lowest BCUT2D eigenvalue weighted by Gasteiger charge is -2.24. The number of nitrogens with one attached hydrogen (secondary N) is 2. The molecule has 12 heteroatoms. The quantitative estimate of drug-likeness (QED) is 0.133. The van der Waals surface area contributed by atoms with Crippen LogP contribution in [0.1, 0.15) is 57.8 Å². The summed E-state index contributed by atoms with van der Waals surface area (Å²) in [4.78, 5) is 66.6. The van der Waals surface area contributed by atoms with Gasteiger partial charge in [0, 0.05) is 58.0 Å². The van der Waals surface area contributed by atoms with Gasteiger partial charge in [0.1, 0.15) is 23.5 Å². The van der Waals surface area contributed by atoms with Crippen molar-refractivity contribution in [2.45, 2.75) is 37.8 Å². The predicted octanol–water partition coefficient (Wildman–Crippen LogP) is 9.77. The maximum absolute atomic E-state index is 13.8. The molecule has 2 aliphatic rings. The van der Waals surface area contributed by atoms with E-state index in [0.29, 0.717) is 71.3 Å². The summed E-state index contributed by atoms with van der Waals surface area (Å²) in [6.45, 7) is 0.915. The fourth-order valence-corrected chi connectivity index (χ4v) is 8.15. The first-order valence-electron chi connectivity index (χ1n) is 19.8. The number of pyridine rings is 2. The van der Waals surface area contributed by atoms with Crippen LogP contribution in [0.2, 0.25) is 10.0 Å². The third-order valence-corrected chi connectivity index (χ3v) is 11.2. The first kappa shape index (κ1) is 40.2. The van der Waals surface area contributed by atoms with E-state index < -0.39 is 12.1 Å². The maximum atomic E-state index is 13.8. The zero-order valence-corrected chi connectivity index (χ0v) is 33.9. The second-order valence-corrected chi connectivity index (χ2v) is 15.6. The molecule has 2 atom stereocenters. The van der Waals surface area contributed by atoms with E-state index in [0.717, 1.165) is 22.3 Å². The molecule has 2 saturated heterocycles. The summed E-state index contributed by atoms with van der Waals surface area (Å²) in [5.74, 6) is -1.09. The highest BCUT2D eigenvalue weighted by atomic mass is 35.5. The van der Waals surface area contributed by atoms with Crippen LogP contribution in [0.4, 0.5) is 11.4 Å². The van der Waals surface area contributed by atoms with Crippen molar-refractivity contribution in [3.63, 3.8) is 0 Å². The summed E-state index contributed by atoms with van der Waals surface area (Å²) < 4.78 is 0. The highest BCUT2D eigenvalue weighted by Gasteiger charge is 2.37. The van der Waals surface area contributed by atoms with E-state index in [1.54, 1.807) is 58.6 Å². The maximum Gasteiger partial charge on any atom is 0.273 e.